The van der Waals surface area contributed by atoms with E-state index >= 15 is 0 Å². The number of hydrogen-bond donors (Lipinski definition) is 3. The van der Waals surface area contributed by atoms with Crippen LogP contribution in [-0.4, -0.2) is 47.2 Å². The number of methoxy groups -OCH3 is 1. The topological polar surface area (TPSA) is 95.9 Å². The molecule has 0 aromatic heterocycles. The highest BCUT2D eigenvalue weighted by molar-refractivity contribution is 7.99. The Bertz CT molecular complexity index is 454. The zero-order chi connectivity index (χ0) is 15.0. The van der Waals surface area contributed by atoms with E-state index in [1.54, 1.807) is 31.4 Å². The van der Waals surface area contributed by atoms with Crippen LogP contribution in [0.4, 0.5) is 0 Å². The van der Waals surface area contributed by atoms with Crippen LogP contribution in [0.2, 0.25) is 0 Å². The van der Waals surface area contributed by atoms with Crippen LogP contribution in [0.3, 0.4) is 0 Å². The predicted octanol–water partition coefficient (Wildman–Crippen LogP) is 0.661. The summed E-state index contributed by atoms with van der Waals surface area (Å²) >= 11 is 1.25. The maximum atomic E-state index is 10.8. The second kappa shape index (κ2) is 8.44. The van der Waals surface area contributed by atoms with Gasteiger partial charge in [-0.05, 0) is 17.7 Å². The average Bonchev–Trinajstić information content (AvgIpc) is 2.46. The van der Waals surface area contributed by atoms with E-state index in [0.717, 1.165) is 0 Å². The molecule has 3 N–H and O–H groups in total. The van der Waals surface area contributed by atoms with Gasteiger partial charge in [0.25, 0.3) is 0 Å². The number of carboxylic acid groups (broad SMARTS) is 1. The van der Waals surface area contributed by atoms with Crippen molar-refractivity contribution in [1.82, 2.24) is 5.32 Å². The average molecular weight is 299 g/mol. The molecule has 0 aliphatic carbocycles. The number of benzene rings is 1. The Morgan fingerprint density at radius 1 is 1.50 bits per heavy atom. The minimum Gasteiger partial charge on any atom is -0.497 e. The molecule has 0 aliphatic rings. The van der Waals surface area contributed by atoms with Gasteiger partial charge in [-0.15, -0.1) is 0 Å². The molecule has 0 saturated heterocycles. The maximum Gasteiger partial charge on any atom is 0.327 e. The number of carbonyl (C=O) groups excluding carboxylic acids is 1. The van der Waals surface area contributed by atoms with Crippen molar-refractivity contribution < 1.29 is 24.5 Å². The van der Waals surface area contributed by atoms with Crippen molar-refractivity contribution in [2.45, 2.75) is 12.1 Å². The van der Waals surface area contributed by atoms with Gasteiger partial charge in [-0.25, -0.2) is 4.79 Å². The number of ether oxygens (including phenoxy) is 1. The smallest absolute Gasteiger partial charge is 0.327 e. The van der Waals surface area contributed by atoms with Gasteiger partial charge in [-0.3, -0.25) is 4.79 Å². The lowest BCUT2D eigenvalue weighted by Crippen LogP contribution is -2.38. The van der Waals surface area contributed by atoms with Gasteiger partial charge < -0.3 is 20.3 Å². The minimum atomic E-state index is -1.10. The number of carboxylic acids is 1. The third-order valence-electron chi connectivity index (χ3n) is 2.61. The molecule has 0 aliphatic heterocycles. The zero-order valence-electron chi connectivity index (χ0n) is 11.0. The molecule has 0 heterocycles. The molecule has 1 aromatic carbocycles. The Morgan fingerprint density at radius 3 is 2.85 bits per heavy atom. The fourth-order valence-electron chi connectivity index (χ4n) is 1.52. The Morgan fingerprint density at radius 2 is 2.25 bits per heavy atom. The first kappa shape index (κ1) is 16.3. The summed E-state index contributed by atoms with van der Waals surface area (Å²) in [5, 5.41) is 21.1. The SMILES string of the molecule is COc1cccc(C(O)CSCC(NC=O)C(=O)O)c1. The van der Waals surface area contributed by atoms with E-state index in [9.17, 15) is 14.7 Å². The highest BCUT2D eigenvalue weighted by Crippen LogP contribution is 2.22. The molecule has 0 saturated carbocycles. The summed E-state index contributed by atoms with van der Waals surface area (Å²) in [6.07, 6.45) is -0.363. The summed E-state index contributed by atoms with van der Waals surface area (Å²) in [5.41, 5.74) is 0.701. The van der Waals surface area contributed by atoms with Crippen LogP contribution in [0, 0.1) is 0 Å². The third-order valence-corrected chi connectivity index (χ3v) is 3.73. The number of rotatable bonds is 9. The van der Waals surface area contributed by atoms with Crippen LogP contribution in [0.25, 0.3) is 0 Å². The van der Waals surface area contributed by atoms with Crippen molar-refractivity contribution in [2.75, 3.05) is 18.6 Å². The summed E-state index contributed by atoms with van der Waals surface area (Å²) in [4.78, 5) is 21.1. The molecule has 1 aromatic rings. The van der Waals surface area contributed by atoms with Crippen LogP contribution in [0.5, 0.6) is 5.75 Å². The lowest BCUT2D eigenvalue weighted by molar-refractivity contribution is -0.139. The minimum absolute atomic E-state index is 0.190. The molecular weight excluding hydrogens is 282 g/mol. The van der Waals surface area contributed by atoms with E-state index in [2.05, 4.69) is 5.32 Å². The van der Waals surface area contributed by atoms with Crippen LogP contribution >= 0.6 is 11.8 Å². The van der Waals surface area contributed by atoms with Crippen molar-refractivity contribution in [2.24, 2.45) is 0 Å². The number of carbonyl (C=O) groups is 2. The van der Waals surface area contributed by atoms with Crippen LogP contribution in [0.15, 0.2) is 24.3 Å². The quantitative estimate of drug-likeness (QED) is 0.580. The number of aliphatic hydroxyl groups excluding tert-OH is 1. The van der Waals surface area contributed by atoms with Gasteiger partial charge in [-0.2, -0.15) is 11.8 Å². The fourth-order valence-corrected chi connectivity index (χ4v) is 2.54. The predicted molar refractivity (Wildman–Crippen MR) is 75.9 cm³/mol. The van der Waals surface area contributed by atoms with Crippen LogP contribution in [-0.2, 0) is 9.59 Å². The van der Waals surface area contributed by atoms with Crippen molar-refractivity contribution in [1.29, 1.82) is 0 Å². The van der Waals surface area contributed by atoms with Gasteiger partial charge in [0.1, 0.15) is 11.8 Å². The largest absolute Gasteiger partial charge is 0.497 e. The number of amides is 1. The highest BCUT2D eigenvalue weighted by Gasteiger charge is 2.17. The molecule has 2 unspecified atom stereocenters. The highest BCUT2D eigenvalue weighted by atomic mass is 32.2. The van der Waals surface area contributed by atoms with Crippen molar-refractivity contribution in [3.8, 4) is 5.75 Å². The molecule has 0 spiro atoms. The number of hydrogen-bond acceptors (Lipinski definition) is 5. The van der Waals surface area contributed by atoms with E-state index in [-0.39, 0.29) is 5.75 Å². The maximum absolute atomic E-state index is 10.8. The van der Waals surface area contributed by atoms with E-state index in [1.165, 1.54) is 11.8 Å². The summed E-state index contributed by atoms with van der Waals surface area (Å²) in [5.74, 6) is 0.0742. The number of aliphatic carboxylic acids is 1. The van der Waals surface area contributed by atoms with Crippen LogP contribution < -0.4 is 10.1 Å². The Balaban J connectivity index is 2.47. The third kappa shape index (κ3) is 5.10. The Kier molecular flexibility index (Phi) is 6.89. The molecule has 20 heavy (non-hydrogen) atoms. The van der Waals surface area contributed by atoms with Crippen molar-refractivity contribution >= 4 is 24.1 Å². The first-order valence-electron chi connectivity index (χ1n) is 5.90. The first-order valence-corrected chi connectivity index (χ1v) is 7.06. The number of thioether (sulfide) groups is 1. The van der Waals surface area contributed by atoms with E-state index in [0.29, 0.717) is 23.5 Å². The molecule has 1 rings (SSSR count). The van der Waals surface area contributed by atoms with Gasteiger partial charge in [0.05, 0.1) is 13.2 Å². The summed E-state index contributed by atoms with van der Waals surface area (Å²) < 4.78 is 5.07. The first-order chi connectivity index (χ1) is 9.58. The lowest BCUT2D eigenvalue weighted by atomic mass is 10.1. The second-order valence-electron chi connectivity index (χ2n) is 4.01. The monoisotopic (exact) mass is 299 g/mol. The molecule has 2 atom stereocenters. The zero-order valence-corrected chi connectivity index (χ0v) is 11.8. The van der Waals surface area contributed by atoms with E-state index in [1.807, 2.05) is 0 Å². The molecule has 1 amide bonds. The van der Waals surface area contributed by atoms with Gasteiger partial charge in [0.2, 0.25) is 6.41 Å². The summed E-state index contributed by atoms with van der Waals surface area (Å²) in [7, 11) is 1.54. The molecular formula is C13H17NO5S. The van der Waals surface area contributed by atoms with Gasteiger partial charge in [0, 0.05) is 11.5 Å². The van der Waals surface area contributed by atoms with Crippen molar-refractivity contribution in [3.05, 3.63) is 29.8 Å². The second-order valence-corrected chi connectivity index (χ2v) is 5.08. The van der Waals surface area contributed by atoms with Crippen LogP contribution in [0.1, 0.15) is 11.7 Å². The standard InChI is InChI=1S/C13H17NO5S/c1-19-10-4-2-3-9(5-10)12(16)7-20-6-11(13(17)18)14-8-15/h2-5,8,11-12,16H,6-7H2,1H3,(H,14,15)(H,17,18). The molecule has 6 nitrogen and oxygen atoms in total. The summed E-state index contributed by atoms with van der Waals surface area (Å²) in [6, 6.07) is 6.10. The number of aliphatic hydroxyl groups is 1. The summed E-state index contributed by atoms with van der Waals surface area (Å²) in [6.45, 7) is 0. The molecule has 0 fully saturated rings. The van der Waals surface area contributed by atoms with Gasteiger partial charge >= 0.3 is 5.97 Å². The molecule has 110 valence electrons. The fraction of sp³-hybridized carbons (Fsp3) is 0.385. The van der Waals surface area contributed by atoms with Gasteiger partial charge in [-0.1, -0.05) is 12.1 Å². The Hall–Kier alpha value is -1.73. The van der Waals surface area contributed by atoms with E-state index in [4.69, 9.17) is 9.84 Å². The van der Waals surface area contributed by atoms with Gasteiger partial charge in [0.15, 0.2) is 0 Å². The lowest BCUT2D eigenvalue weighted by Gasteiger charge is -2.14. The molecule has 0 bridgehead atoms. The molecule has 0 radical (unpaired) electrons. The Labute approximate surface area is 121 Å². The molecule has 7 heteroatoms. The normalized spacial score (nSPS) is 13.3. The number of nitrogens with one attached hydrogen (secondary N) is 1. The van der Waals surface area contributed by atoms with Crippen molar-refractivity contribution in [3.63, 3.8) is 0 Å². The van der Waals surface area contributed by atoms with E-state index < -0.39 is 18.1 Å².